The Labute approximate surface area is 187 Å². The number of aromatic nitrogens is 2. The van der Waals surface area contributed by atoms with Crippen LogP contribution >= 0.6 is 0 Å². The summed E-state index contributed by atoms with van der Waals surface area (Å²) in [5.41, 5.74) is 1.92. The molecule has 5 rings (SSSR count). The minimum Gasteiger partial charge on any atom is -0.328 e. The zero-order valence-corrected chi connectivity index (χ0v) is 18.5. The monoisotopic (exact) mass is 438 g/mol. The van der Waals surface area contributed by atoms with Crippen LogP contribution in [0.25, 0.3) is 0 Å². The van der Waals surface area contributed by atoms with Crippen molar-refractivity contribution in [3.8, 4) is 0 Å². The summed E-state index contributed by atoms with van der Waals surface area (Å²) in [6.07, 6.45) is 9.66. The Morgan fingerprint density at radius 2 is 1.88 bits per heavy atom. The fourth-order valence-electron chi connectivity index (χ4n) is 5.64. The molecule has 7 heteroatoms. The predicted octanol–water partition coefficient (Wildman–Crippen LogP) is 3.97. The molecule has 0 radical (unpaired) electrons. The highest BCUT2D eigenvalue weighted by Gasteiger charge is 2.33. The summed E-state index contributed by atoms with van der Waals surface area (Å²) in [7, 11) is 0. The van der Waals surface area contributed by atoms with Gasteiger partial charge in [-0.2, -0.15) is 0 Å². The summed E-state index contributed by atoms with van der Waals surface area (Å²) >= 11 is 0. The predicted molar refractivity (Wildman–Crippen MR) is 120 cm³/mol. The van der Waals surface area contributed by atoms with E-state index in [9.17, 15) is 14.0 Å². The lowest BCUT2D eigenvalue weighted by Gasteiger charge is -2.38. The Balaban J connectivity index is 1.42. The molecule has 1 amide bonds. The number of nitrogens with one attached hydrogen (secondary N) is 1. The molecule has 2 fully saturated rings. The maximum absolute atomic E-state index is 13.7. The molecule has 0 spiro atoms. The third-order valence-corrected chi connectivity index (χ3v) is 7.36. The van der Waals surface area contributed by atoms with E-state index in [4.69, 9.17) is 4.98 Å². The number of fused-ring (bicyclic) bond motifs is 1. The zero-order chi connectivity index (χ0) is 22.1. The number of H-pyrrole nitrogens is 1. The van der Waals surface area contributed by atoms with Crippen LogP contribution in [0.3, 0.4) is 0 Å². The molecule has 2 aromatic rings. The van der Waals surface area contributed by atoms with E-state index in [1.54, 1.807) is 17.0 Å². The number of carbonyl (C=O) groups excluding carboxylic acids is 1. The molecule has 3 heterocycles. The van der Waals surface area contributed by atoms with Crippen LogP contribution in [0.5, 0.6) is 0 Å². The van der Waals surface area contributed by atoms with Crippen LogP contribution in [0.4, 0.5) is 4.39 Å². The number of hydrogen-bond acceptors (Lipinski definition) is 4. The lowest BCUT2D eigenvalue weighted by Crippen LogP contribution is -2.44. The number of likely N-dealkylation sites (tertiary alicyclic amines) is 1. The third-order valence-electron chi connectivity index (χ3n) is 7.36. The lowest BCUT2D eigenvalue weighted by molar-refractivity contribution is 0.0597. The van der Waals surface area contributed by atoms with Crippen LogP contribution in [0, 0.1) is 5.82 Å². The van der Waals surface area contributed by atoms with Crippen LogP contribution in [0.2, 0.25) is 0 Å². The standard InChI is InChI=1S/C25H31FN4O2/c26-18-8-6-7-17(15-18)25(32)30-13-5-4-11-22(30)23-27-21-16-29(19-9-2-1-3-10-19)14-12-20(21)24(31)28-23/h6-8,15,19,22H,1-5,9-14,16H2,(H,27,28,31)/t22-/m0/s1. The second-order valence-corrected chi connectivity index (χ2v) is 9.41. The van der Waals surface area contributed by atoms with E-state index in [1.807, 2.05) is 0 Å². The van der Waals surface area contributed by atoms with Gasteiger partial charge in [0.15, 0.2) is 0 Å². The fraction of sp³-hybridized carbons (Fsp3) is 0.560. The molecule has 3 aliphatic rings. The summed E-state index contributed by atoms with van der Waals surface area (Å²) in [6, 6.07) is 6.11. The van der Waals surface area contributed by atoms with Crippen molar-refractivity contribution >= 4 is 5.91 Å². The van der Waals surface area contributed by atoms with Crippen molar-refractivity contribution in [1.29, 1.82) is 0 Å². The van der Waals surface area contributed by atoms with Gasteiger partial charge in [-0.3, -0.25) is 14.5 Å². The van der Waals surface area contributed by atoms with E-state index in [1.165, 1.54) is 44.2 Å². The van der Waals surface area contributed by atoms with Gasteiger partial charge in [0.25, 0.3) is 11.5 Å². The number of benzene rings is 1. The molecule has 1 aromatic carbocycles. The van der Waals surface area contributed by atoms with Crippen molar-refractivity contribution < 1.29 is 9.18 Å². The zero-order valence-electron chi connectivity index (χ0n) is 18.5. The summed E-state index contributed by atoms with van der Waals surface area (Å²) < 4.78 is 13.7. The highest BCUT2D eigenvalue weighted by Crippen LogP contribution is 2.32. The SMILES string of the molecule is O=C(c1cccc(F)c1)N1CCCC[C@H]1c1nc2c(c(=O)[nH]1)CCN(C1CCCCC1)C2. The summed E-state index contributed by atoms with van der Waals surface area (Å²) in [6.45, 7) is 2.20. The van der Waals surface area contributed by atoms with Crippen LogP contribution in [-0.2, 0) is 13.0 Å². The highest BCUT2D eigenvalue weighted by molar-refractivity contribution is 5.94. The first-order valence-electron chi connectivity index (χ1n) is 12.0. The van der Waals surface area contributed by atoms with Gasteiger partial charge in [-0.25, -0.2) is 9.37 Å². The maximum atomic E-state index is 13.7. The van der Waals surface area contributed by atoms with Gasteiger partial charge in [-0.1, -0.05) is 25.3 Å². The van der Waals surface area contributed by atoms with Gasteiger partial charge >= 0.3 is 0 Å². The normalized spacial score (nSPS) is 22.5. The van der Waals surface area contributed by atoms with Gasteiger partial charge in [0.2, 0.25) is 0 Å². The minimum absolute atomic E-state index is 0.0722. The van der Waals surface area contributed by atoms with Crippen molar-refractivity contribution in [2.24, 2.45) is 0 Å². The van der Waals surface area contributed by atoms with E-state index in [0.29, 0.717) is 30.5 Å². The molecule has 1 saturated heterocycles. The molecule has 170 valence electrons. The van der Waals surface area contributed by atoms with Crippen LogP contribution in [0.15, 0.2) is 29.1 Å². The Morgan fingerprint density at radius 3 is 2.69 bits per heavy atom. The van der Waals surface area contributed by atoms with Crippen molar-refractivity contribution in [3.05, 3.63) is 63.1 Å². The van der Waals surface area contributed by atoms with Crippen LogP contribution in [0.1, 0.15) is 84.8 Å². The van der Waals surface area contributed by atoms with Crippen molar-refractivity contribution in [2.75, 3.05) is 13.1 Å². The molecular weight excluding hydrogens is 407 g/mol. The summed E-state index contributed by atoms with van der Waals surface area (Å²) in [5, 5.41) is 0. The first-order valence-corrected chi connectivity index (χ1v) is 12.0. The molecule has 2 aliphatic heterocycles. The number of hydrogen-bond donors (Lipinski definition) is 1. The second kappa shape index (κ2) is 9.14. The largest absolute Gasteiger partial charge is 0.328 e. The van der Waals surface area contributed by atoms with Crippen LogP contribution in [-0.4, -0.2) is 44.8 Å². The molecule has 1 saturated carbocycles. The smallest absolute Gasteiger partial charge is 0.254 e. The Morgan fingerprint density at radius 1 is 1.06 bits per heavy atom. The quantitative estimate of drug-likeness (QED) is 0.787. The molecular formula is C25H31FN4O2. The Bertz CT molecular complexity index is 1050. The fourth-order valence-corrected chi connectivity index (χ4v) is 5.64. The number of rotatable bonds is 3. The summed E-state index contributed by atoms with van der Waals surface area (Å²) in [4.78, 5) is 38.3. The number of aromatic amines is 1. The van der Waals surface area contributed by atoms with Gasteiger partial charge in [0.1, 0.15) is 11.6 Å². The highest BCUT2D eigenvalue weighted by atomic mass is 19.1. The lowest BCUT2D eigenvalue weighted by atomic mass is 9.92. The minimum atomic E-state index is -0.424. The first kappa shape index (κ1) is 21.3. The molecule has 0 bridgehead atoms. The molecule has 32 heavy (non-hydrogen) atoms. The average Bonchev–Trinajstić information content (AvgIpc) is 2.84. The number of halogens is 1. The van der Waals surface area contributed by atoms with Crippen molar-refractivity contribution in [1.82, 2.24) is 19.8 Å². The van der Waals surface area contributed by atoms with Gasteiger partial charge < -0.3 is 9.88 Å². The third kappa shape index (κ3) is 4.22. The van der Waals surface area contributed by atoms with E-state index in [2.05, 4.69) is 9.88 Å². The maximum Gasteiger partial charge on any atom is 0.254 e. The number of carbonyl (C=O) groups is 1. The Kier molecular flexibility index (Phi) is 6.09. The number of amides is 1. The van der Waals surface area contributed by atoms with E-state index < -0.39 is 5.82 Å². The van der Waals surface area contributed by atoms with Crippen molar-refractivity contribution in [2.45, 2.75) is 76.4 Å². The topological polar surface area (TPSA) is 69.3 Å². The molecule has 1 atom stereocenters. The van der Waals surface area contributed by atoms with Crippen molar-refractivity contribution in [3.63, 3.8) is 0 Å². The van der Waals surface area contributed by atoms with E-state index in [0.717, 1.165) is 43.5 Å². The van der Waals surface area contributed by atoms with Gasteiger partial charge in [0.05, 0.1) is 11.7 Å². The summed E-state index contributed by atoms with van der Waals surface area (Å²) in [5.74, 6) is -0.0605. The van der Waals surface area contributed by atoms with Crippen LogP contribution < -0.4 is 5.56 Å². The molecule has 1 aromatic heterocycles. The molecule has 1 N–H and O–H groups in total. The molecule has 1 aliphatic carbocycles. The second-order valence-electron chi connectivity index (χ2n) is 9.41. The van der Waals surface area contributed by atoms with Gasteiger partial charge in [0, 0.05) is 36.8 Å². The average molecular weight is 439 g/mol. The van der Waals surface area contributed by atoms with Gasteiger partial charge in [-0.15, -0.1) is 0 Å². The van der Waals surface area contributed by atoms with E-state index in [-0.39, 0.29) is 17.5 Å². The van der Waals surface area contributed by atoms with E-state index >= 15 is 0 Å². The van der Waals surface area contributed by atoms with Gasteiger partial charge in [-0.05, 0) is 56.7 Å². The Hall–Kier alpha value is -2.54. The number of nitrogens with zero attached hydrogens (tertiary/aromatic N) is 3. The molecule has 0 unspecified atom stereocenters. The molecule has 6 nitrogen and oxygen atoms in total. The first-order chi connectivity index (χ1) is 15.6. The number of piperidine rings is 1.